The van der Waals surface area contributed by atoms with Crippen LogP contribution in [0.2, 0.25) is 0 Å². The van der Waals surface area contributed by atoms with Gasteiger partial charge in [-0.05, 0) is 24.6 Å². The molecule has 1 amide bonds. The fourth-order valence-electron chi connectivity index (χ4n) is 2.67. The summed E-state index contributed by atoms with van der Waals surface area (Å²) in [5, 5.41) is 2.84. The number of carbonyl (C=O) groups excluding carboxylic acids is 1. The third-order valence-electron chi connectivity index (χ3n) is 4.09. The Balaban J connectivity index is 2.20. The van der Waals surface area contributed by atoms with Crippen molar-refractivity contribution in [3.05, 3.63) is 24.5 Å². The quantitative estimate of drug-likeness (QED) is 0.735. The second-order valence-electron chi connectivity index (χ2n) is 5.78. The molecule has 0 aliphatic rings. The summed E-state index contributed by atoms with van der Waals surface area (Å²) in [6.07, 6.45) is 2.92. The molecular formula is C17H26N4O3S. The van der Waals surface area contributed by atoms with Gasteiger partial charge in [0.05, 0.1) is 22.3 Å². The van der Waals surface area contributed by atoms with E-state index in [1.165, 1.54) is 4.31 Å². The van der Waals surface area contributed by atoms with Gasteiger partial charge in [0.2, 0.25) is 15.9 Å². The third-order valence-corrected chi connectivity index (χ3v) is 6.13. The van der Waals surface area contributed by atoms with Gasteiger partial charge in [-0.3, -0.25) is 4.79 Å². The minimum absolute atomic E-state index is 0.00410. The van der Waals surface area contributed by atoms with Gasteiger partial charge in [0.1, 0.15) is 0 Å². The standard InChI is InChI=1S/C17H26N4O3S/c1-4-10-18-17(22)9-11-20-13-19-15-12-14(7-8-16(15)20)25(23,24)21(5-2)6-3/h7-8,12-13H,4-6,9-11H2,1-3H3,(H,18,22). The smallest absolute Gasteiger partial charge is 0.243 e. The lowest BCUT2D eigenvalue weighted by molar-refractivity contribution is -0.121. The van der Waals surface area contributed by atoms with E-state index in [1.807, 2.05) is 25.3 Å². The Hall–Kier alpha value is -1.93. The maximum absolute atomic E-state index is 12.6. The van der Waals surface area contributed by atoms with Crippen molar-refractivity contribution in [3.63, 3.8) is 0 Å². The van der Waals surface area contributed by atoms with Crippen LogP contribution in [0.25, 0.3) is 11.0 Å². The highest BCUT2D eigenvalue weighted by molar-refractivity contribution is 7.89. The Labute approximate surface area is 149 Å². The number of amides is 1. The normalized spacial score (nSPS) is 12.0. The van der Waals surface area contributed by atoms with Crippen LogP contribution in [-0.4, -0.2) is 47.8 Å². The SMILES string of the molecule is CCCNC(=O)CCn1cnc2cc(S(=O)(=O)N(CC)CC)ccc21. The topological polar surface area (TPSA) is 84.3 Å². The number of hydrogen-bond acceptors (Lipinski definition) is 4. The number of aryl methyl sites for hydroxylation is 1. The molecule has 0 aliphatic carbocycles. The first kappa shape index (κ1) is 19.4. The van der Waals surface area contributed by atoms with E-state index in [0.29, 0.717) is 38.1 Å². The average molecular weight is 366 g/mol. The van der Waals surface area contributed by atoms with Gasteiger partial charge < -0.3 is 9.88 Å². The molecule has 1 aromatic heterocycles. The van der Waals surface area contributed by atoms with Crippen molar-refractivity contribution in [3.8, 4) is 0 Å². The molecule has 8 heteroatoms. The summed E-state index contributed by atoms with van der Waals surface area (Å²) >= 11 is 0. The molecule has 138 valence electrons. The second kappa shape index (κ2) is 8.44. The molecule has 0 radical (unpaired) electrons. The average Bonchev–Trinajstić information content (AvgIpc) is 3.01. The van der Waals surface area contributed by atoms with E-state index < -0.39 is 10.0 Å². The van der Waals surface area contributed by atoms with Crippen LogP contribution in [0.4, 0.5) is 0 Å². The monoisotopic (exact) mass is 366 g/mol. The summed E-state index contributed by atoms with van der Waals surface area (Å²) in [4.78, 5) is 16.3. The molecule has 7 nitrogen and oxygen atoms in total. The van der Waals surface area contributed by atoms with Gasteiger partial charge >= 0.3 is 0 Å². The number of benzene rings is 1. The summed E-state index contributed by atoms with van der Waals surface area (Å²) in [5.41, 5.74) is 1.43. The second-order valence-corrected chi connectivity index (χ2v) is 7.72. The molecule has 0 saturated heterocycles. The Morgan fingerprint density at radius 3 is 2.60 bits per heavy atom. The molecule has 0 atom stereocenters. The van der Waals surface area contributed by atoms with Crippen LogP contribution in [0.1, 0.15) is 33.6 Å². The molecule has 1 N–H and O–H groups in total. The number of hydrogen-bond donors (Lipinski definition) is 1. The first-order valence-electron chi connectivity index (χ1n) is 8.65. The van der Waals surface area contributed by atoms with Crippen molar-refractivity contribution >= 4 is 27.0 Å². The Bertz CT molecular complexity index is 826. The fraction of sp³-hybridized carbons (Fsp3) is 0.529. The first-order chi connectivity index (χ1) is 11.9. The van der Waals surface area contributed by atoms with Crippen LogP contribution < -0.4 is 5.32 Å². The third kappa shape index (κ3) is 4.38. The Morgan fingerprint density at radius 2 is 1.96 bits per heavy atom. The molecule has 2 aromatic rings. The van der Waals surface area contributed by atoms with Gasteiger partial charge in [-0.1, -0.05) is 20.8 Å². The molecular weight excluding hydrogens is 340 g/mol. The molecule has 0 saturated carbocycles. The minimum Gasteiger partial charge on any atom is -0.356 e. The molecule has 0 fully saturated rings. The molecule has 0 aliphatic heterocycles. The highest BCUT2D eigenvalue weighted by Gasteiger charge is 2.22. The van der Waals surface area contributed by atoms with Gasteiger partial charge in [-0.2, -0.15) is 4.31 Å². The van der Waals surface area contributed by atoms with Crippen molar-refractivity contribution in [2.45, 2.75) is 45.1 Å². The van der Waals surface area contributed by atoms with E-state index in [-0.39, 0.29) is 10.8 Å². The number of aromatic nitrogens is 2. The van der Waals surface area contributed by atoms with E-state index in [1.54, 1.807) is 24.5 Å². The number of imidazole rings is 1. The van der Waals surface area contributed by atoms with E-state index in [9.17, 15) is 13.2 Å². The predicted molar refractivity (Wildman–Crippen MR) is 97.8 cm³/mol. The van der Waals surface area contributed by atoms with Crippen LogP contribution in [-0.2, 0) is 21.4 Å². The highest BCUT2D eigenvalue weighted by atomic mass is 32.2. The lowest BCUT2D eigenvalue weighted by Crippen LogP contribution is -2.30. The molecule has 0 unspecified atom stereocenters. The van der Waals surface area contributed by atoms with E-state index >= 15 is 0 Å². The number of sulfonamides is 1. The van der Waals surface area contributed by atoms with Crippen molar-refractivity contribution in [1.82, 2.24) is 19.2 Å². The van der Waals surface area contributed by atoms with Gasteiger partial charge in [-0.15, -0.1) is 0 Å². The molecule has 1 heterocycles. The maximum atomic E-state index is 12.6. The van der Waals surface area contributed by atoms with Crippen LogP contribution in [0.15, 0.2) is 29.4 Å². The maximum Gasteiger partial charge on any atom is 0.243 e. The highest BCUT2D eigenvalue weighted by Crippen LogP contribution is 2.21. The minimum atomic E-state index is -3.50. The zero-order valence-electron chi connectivity index (χ0n) is 15.0. The van der Waals surface area contributed by atoms with Crippen LogP contribution >= 0.6 is 0 Å². The zero-order valence-corrected chi connectivity index (χ0v) is 15.8. The zero-order chi connectivity index (χ0) is 18.4. The van der Waals surface area contributed by atoms with Crippen molar-refractivity contribution in [1.29, 1.82) is 0 Å². The summed E-state index contributed by atoms with van der Waals surface area (Å²) in [6, 6.07) is 4.95. The lowest BCUT2D eigenvalue weighted by atomic mass is 10.3. The van der Waals surface area contributed by atoms with Gasteiger partial charge in [0, 0.05) is 32.6 Å². The molecule has 1 aromatic carbocycles. The summed E-state index contributed by atoms with van der Waals surface area (Å²) in [5.74, 6) is 0.00410. The first-order valence-corrected chi connectivity index (χ1v) is 10.1. The summed E-state index contributed by atoms with van der Waals surface area (Å²) in [7, 11) is -3.50. The van der Waals surface area contributed by atoms with Crippen molar-refractivity contribution < 1.29 is 13.2 Å². The molecule has 25 heavy (non-hydrogen) atoms. The number of carbonyl (C=O) groups is 1. The number of fused-ring (bicyclic) bond motifs is 1. The van der Waals surface area contributed by atoms with E-state index in [0.717, 1.165) is 11.9 Å². The van der Waals surface area contributed by atoms with Gasteiger partial charge in [0.15, 0.2) is 0 Å². The fourth-order valence-corrected chi connectivity index (χ4v) is 4.15. The largest absolute Gasteiger partial charge is 0.356 e. The van der Waals surface area contributed by atoms with Gasteiger partial charge in [-0.25, -0.2) is 13.4 Å². The Morgan fingerprint density at radius 1 is 1.24 bits per heavy atom. The van der Waals surface area contributed by atoms with E-state index in [2.05, 4.69) is 10.3 Å². The molecule has 2 rings (SSSR count). The molecule has 0 bridgehead atoms. The summed E-state index contributed by atoms with van der Waals surface area (Å²) in [6.45, 7) is 7.68. The van der Waals surface area contributed by atoms with Crippen molar-refractivity contribution in [2.24, 2.45) is 0 Å². The van der Waals surface area contributed by atoms with Crippen LogP contribution in [0.3, 0.4) is 0 Å². The molecule has 0 spiro atoms. The Kier molecular flexibility index (Phi) is 6.55. The van der Waals surface area contributed by atoms with Crippen LogP contribution in [0, 0.1) is 0 Å². The lowest BCUT2D eigenvalue weighted by Gasteiger charge is -2.18. The van der Waals surface area contributed by atoms with E-state index in [4.69, 9.17) is 0 Å². The predicted octanol–water partition coefficient (Wildman–Crippen LogP) is 1.98. The van der Waals surface area contributed by atoms with Crippen LogP contribution in [0.5, 0.6) is 0 Å². The van der Waals surface area contributed by atoms with Crippen molar-refractivity contribution in [2.75, 3.05) is 19.6 Å². The van der Waals surface area contributed by atoms with Gasteiger partial charge in [0.25, 0.3) is 0 Å². The number of rotatable bonds is 9. The number of nitrogens with one attached hydrogen (secondary N) is 1. The number of nitrogens with zero attached hydrogens (tertiary/aromatic N) is 3. The summed E-state index contributed by atoms with van der Waals surface area (Å²) < 4.78 is 28.5.